The van der Waals surface area contributed by atoms with Gasteiger partial charge in [0.2, 0.25) is 0 Å². The van der Waals surface area contributed by atoms with Gasteiger partial charge in [-0.05, 0) is 32.1 Å². The number of para-hydroxylation sites is 1. The van der Waals surface area contributed by atoms with Crippen LogP contribution in [0, 0.1) is 0 Å². The number of hydrogen-bond donors (Lipinski definition) is 2. The summed E-state index contributed by atoms with van der Waals surface area (Å²) in [7, 11) is 4.54. The molecule has 1 heterocycles. The summed E-state index contributed by atoms with van der Waals surface area (Å²) in [6, 6.07) is 5.97. The number of nitrogens with zero attached hydrogens (tertiary/aromatic N) is 3. The quantitative estimate of drug-likeness (QED) is 0.670. The summed E-state index contributed by atoms with van der Waals surface area (Å²) in [4.78, 5) is 26.1. The van der Waals surface area contributed by atoms with Crippen molar-refractivity contribution in [1.82, 2.24) is 20.5 Å². The van der Waals surface area contributed by atoms with Gasteiger partial charge in [-0.1, -0.05) is 23.9 Å². The Morgan fingerprint density at radius 2 is 2.03 bits per heavy atom. The van der Waals surface area contributed by atoms with Crippen LogP contribution in [-0.2, 0) is 0 Å². The number of hydrogen-bond acceptors (Lipinski definition) is 7. The zero-order chi connectivity index (χ0) is 21.6. The first-order chi connectivity index (χ1) is 13.6. The fraction of sp³-hybridized carbons (Fsp3) is 0.471. The first-order valence-corrected chi connectivity index (χ1v) is 9.54. The monoisotopic (exact) mass is 433 g/mol. The Balaban J connectivity index is 2.04. The molecule has 0 fully saturated rings. The lowest BCUT2D eigenvalue weighted by atomic mass is 10.2. The third-order valence-electron chi connectivity index (χ3n) is 3.87. The molecule has 12 heteroatoms. The van der Waals surface area contributed by atoms with Crippen LogP contribution in [0.3, 0.4) is 0 Å². The second-order valence-corrected chi connectivity index (χ2v) is 7.26. The molecule has 1 aromatic rings. The molecule has 0 aliphatic carbocycles. The normalized spacial score (nSPS) is 16.4. The summed E-state index contributed by atoms with van der Waals surface area (Å²) in [5.74, 6) is -0.728. The molecule has 0 aromatic heterocycles. The molecule has 0 saturated carbocycles. The number of rotatable bonds is 6. The fourth-order valence-electron chi connectivity index (χ4n) is 2.40. The number of hydrazone groups is 1. The lowest BCUT2D eigenvalue weighted by Gasteiger charge is -2.19. The van der Waals surface area contributed by atoms with Crippen molar-refractivity contribution in [2.75, 3.05) is 34.2 Å². The molecule has 8 nitrogen and oxygen atoms in total. The zero-order valence-corrected chi connectivity index (χ0v) is 16.9. The molecule has 160 valence electrons. The maximum absolute atomic E-state index is 12.9. The molecule has 0 saturated heterocycles. The number of ether oxygens (including phenoxy) is 1. The first kappa shape index (κ1) is 22.8. The lowest BCUT2D eigenvalue weighted by molar-refractivity contribution is -0.153. The zero-order valence-electron chi connectivity index (χ0n) is 16.1. The highest BCUT2D eigenvalue weighted by Crippen LogP contribution is 2.36. The summed E-state index contributed by atoms with van der Waals surface area (Å²) >= 11 is 0.382. The average molecular weight is 433 g/mol. The molecule has 0 spiro atoms. The van der Waals surface area contributed by atoms with E-state index in [4.69, 9.17) is 4.74 Å². The predicted octanol–water partition coefficient (Wildman–Crippen LogP) is 2.29. The van der Waals surface area contributed by atoms with Crippen molar-refractivity contribution in [3.63, 3.8) is 0 Å². The molecule has 2 rings (SSSR count). The third-order valence-corrected chi connectivity index (χ3v) is 5.08. The molecule has 0 radical (unpaired) electrons. The summed E-state index contributed by atoms with van der Waals surface area (Å²) in [5.41, 5.74) is 0.00545. The molecule has 1 aliphatic rings. The van der Waals surface area contributed by atoms with Crippen LogP contribution in [0.5, 0.6) is 5.75 Å². The van der Waals surface area contributed by atoms with E-state index in [-0.39, 0.29) is 16.5 Å². The van der Waals surface area contributed by atoms with E-state index in [1.54, 1.807) is 26.2 Å². The van der Waals surface area contributed by atoms with Gasteiger partial charge in [0, 0.05) is 20.6 Å². The Hall–Kier alpha value is -2.47. The second-order valence-electron chi connectivity index (χ2n) is 6.19. The number of carbonyl (C=O) groups excluding carboxylic acids is 2. The van der Waals surface area contributed by atoms with E-state index in [1.165, 1.54) is 24.1 Å². The van der Waals surface area contributed by atoms with Crippen LogP contribution in [0.1, 0.15) is 16.8 Å². The fourth-order valence-corrected chi connectivity index (χ4v) is 3.27. The first-order valence-electron chi connectivity index (χ1n) is 8.66. The highest BCUT2D eigenvalue weighted by molar-refractivity contribution is 8.14. The van der Waals surface area contributed by atoms with E-state index in [0.717, 1.165) is 18.0 Å². The van der Waals surface area contributed by atoms with Crippen molar-refractivity contribution in [3.05, 3.63) is 29.8 Å². The molecule has 1 aliphatic heterocycles. The van der Waals surface area contributed by atoms with Gasteiger partial charge in [0.05, 0.1) is 5.56 Å². The Morgan fingerprint density at radius 1 is 1.34 bits per heavy atom. The van der Waals surface area contributed by atoms with E-state index in [0.29, 0.717) is 18.3 Å². The van der Waals surface area contributed by atoms with Gasteiger partial charge in [-0.25, -0.2) is 4.79 Å². The van der Waals surface area contributed by atoms with Gasteiger partial charge < -0.3 is 15.0 Å². The highest BCUT2D eigenvalue weighted by Gasteiger charge is 2.47. The largest absolute Gasteiger partial charge is 0.420 e. The van der Waals surface area contributed by atoms with Crippen LogP contribution < -0.4 is 15.4 Å². The van der Waals surface area contributed by atoms with Crippen LogP contribution in [-0.4, -0.2) is 72.9 Å². The molecule has 29 heavy (non-hydrogen) atoms. The second kappa shape index (κ2) is 9.83. The number of alkyl halides is 3. The van der Waals surface area contributed by atoms with Crippen molar-refractivity contribution in [1.29, 1.82) is 0 Å². The molecular formula is C17H22F3N5O3S. The molecule has 2 amide bonds. The van der Waals surface area contributed by atoms with Gasteiger partial charge in [-0.3, -0.25) is 15.1 Å². The average Bonchev–Trinajstić information content (AvgIpc) is 3.02. The van der Waals surface area contributed by atoms with Crippen molar-refractivity contribution in [2.45, 2.75) is 18.0 Å². The van der Waals surface area contributed by atoms with Crippen LogP contribution in [0.4, 0.5) is 18.0 Å². The topological polar surface area (TPSA) is 86.3 Å². The van der Waals surface area contributed by atoms with Gasteiger partial charge in [0.1, 0.15) is 5.75 Å². The van der Waals surface area contributed by atoms with E-state index in [2.05, 4.69) is 15.7 Å². The lowest BCUT2D eigenvalue weighted by Crippen LogP contribution is -2.35. The van der Waals surface area contributed by atoms with E-state index >= 15 is 0 Å². The number of nitrogens with one attached hydrogen (secondary N) is 2. The van der Waals surface area contributed by atoms with Gasteiger partial charge in [-0.2, -0.15) is 18.3 Å². The van der Waals surface area contributed by atoms with Gasteiger partial charge >= 0.3 is 12.3 Å². The van der Waals surface area contributed by atoms with E-state index in [9.17, 15) is 22.8 Å². The van der Waals surface area contributed by atoms with Crippen molar-refractivity contribution in [2.24, 2.45) is 5.10 Å². The maximum atomic E-state index is 12.9. The Labute approximate surface area is 170 Å². The smallest absolute Gasteiger partial charge is 0.409 e. The van der Waals surface area contributed by atoms with E-state index in [1.807, 2.05) is 0 Å². The van der Waals surface area contributed by atoms with Crippen molar-refractivity contribution >= 4 is 28.9 Å². The molecule has 1 unspecified atom stereocenters. The minimum atomic E-state index is -4.50. The number of halogens is 3. The van der Waals surface area contributed by atoms with Gasteiger partial charge in [0.25, 0.3) is 5.91 Å². The van der Waals surface area contributed by atoms with Crippen LogP contribution in [0.15, 0.2) is 29.4 Å². The Bertz CT molecular complexity index is 775. The molecule has 0 bridgehead atoms. The van der Waals surface area contributed by atoms with Crippen molar-refractivity contribution in [3.8, 4) is 5.75 Å². The molecule has 1 aromatic carbocycles. The minimum absolute atomic E-state index is 0.000195. The number of thioether (sulfide) groups is 1. The van der Waals surface area contributed by atoms with Crippen LogP contribution in [0.25, 0.3) is 0 Å². The molecule has 1 atom stereocenters. The number of benzene rings is 1. The standard InChI is InChI=1S/C17H22F3N5O3S/c1-21-9-6-10-24(2)16(27)28-12-8-5-4-7-11(12)13(26)22-15-23-25(3)14(29-15)17(18,19)20/h4-5,7-8,14,21H,6,9-10H2,1-3H3,(H,22,23,26). The summed E-state index contributed by atoms with van der Waals surface area (Å²) in [6.45, 7) is 1.18. The minimum Gasteiger partial charge on any atom is -0.409 e. The van der Waals surface area contributed by atoms with Gasteiger partial charge in [-0.15, -0.1) is 0 Å². The summed E-state index contributed by atoms with van der Waals surface area (Å²) < 4.78 is 44.1. The number of amides is 2. The number of amidine groups is 1. The van der Waals surface area contributed by atoms with Gasteiger partial charge in [0.15, 0.2) is 10.5 Å². The van der Waals surface area contributed by atoms with Crippen molar-refractivity contribution < 1.29 is 27.5 Å². The SMILES string of the molecule is CNCCCN(C)C(=O)Oc1ccccc1C(=O)NC1=NN(C)C(C(F)(F)F)S1. The van der Waals surface area contributed by atoms with E-state index < -0.39 is 23.6 Å². The maximum Gasteiger partial charge on any atom is 0.420 e. The Kier molecular flexibility index (Phi) is 7.73. The van der Waals surface area contributed by atoms with Crippen LogP contribution >= 0.6 is 11.8 Å². The summed E-state index contributed by atoms with van der Waals surface area (Å²) in [5, 5.41) is 7.66. The Morgan fingerprint density at radius 3 is 2.66 bits per heavy atom. The predicted molar refractivity (Wildman–Crippen MR) is 104 cm³/mol. The highest BCUT2D eigenvalue weighted by atomic mass is 32.2. The summed E-state index contributed by atoms with van der Waals surface area (Å²) in [6.07, 6.45) is -4.43. The molecule has 2 N–H and O–H groups in total. The van der Waals surface area contributed by atoms with Crippen LogP contribution in [0.2, 0.25) is 0 Å². The number of carbonyl (C=O) groups is 2. The third kappa shape index (κ3) is 6.26. The molecular weight excluding hydrogens is 411 g/mol.